The first kappa shape index (κ1) is 16.3. The predicted octanol–water partition coefficient (Wildman–Crippen LogP) is 1.75. The summed E-state index contributed by atoms with van der Waals surface area (Å²) in [6, 6.07) is 12.0. The summed E-state index contributed by atoms with van der Waals surface area (Å²) in [6.45, 7) is 2.44. The molecule has 1 aromatic heterocycles. The third-order valence-electron chi connectivity index (χ3n) is 3.38. The van der Waals surface area contributed by atoms with Crippen LogP contribution < -0.4 is 10.6 Å². The van der Waals surface area contributed by atoms with Crippen LogP contribution in [0.2, 0.25) is 0 Å². The van der Waals surface area contributed by atoms with E-state index in [9.17, 15) is 4.79 Å². The Kier molecular flexibility index (Phi) is 6.18. The molecule has 5 heteroatoms. The summed E-state index contributed by atoms with van der Waals surface area (Å²) in [5.74, 6) is 0.948. The SMILES string of the molecule is CNCC(=O)NCc1ccccc1CN(C)Cc1ccco1. The van der Waals surface area contributed by atoms with Crippen LogP contribution in [0.5, 0.6) is 0 Å². The summed E-state index contributed by atoms with van der Waals surface area (Å²) in [7, 11) is 3.82. The molecule has 0 aliphatic carbocycles. The smallest absolute Gasteiger partial charge is 0.234 e. The zero-order valence-corrected chi connectivity index (χ0v) is 13.1. The molecule has 1 amide bonds. The van der Waals surface area contributed by atoms with Crippen LogP contribution in [0.4, 0.5) is 0 Å². The lowest BCUT2D eigenvalue weighted by molar-refractivity contribution is -0.120. The highest BCUT2D eigenvalue weighted by atomic mass is 16.3. The molecule has 0 saturated carbocycles. The topological polar surface area (TPSA) is 57.5 Å². The lowest BCUT2D eigenvalue weighted by atomic mass is 10.1. The quantitative estimate of drug-likeness (QED) is 0.780. The first-order valence-corrected chi connectivity index (χ1v) is 7.38. The summed E-state index contributed by atoms with van der Waals surface area (Å²) in [4.78, 5) is 13.8. The standard InChI is InChI=1S/C17H23N3O2/c1-18-11-17(21)19-10-14-6-3-4-7-15(14)12-20(2)13-16-8-5-9-22-16/h3-9,18H,10-13H2,1-2H3,(H,19,21). The Morgan fingerprint density at radius 2 is 1.91 bits per heavy atom. The number of hydrogen-bond acceptors (Lipinski definition) is 4. The third kappa shape index (κ3) is 5.02. The van der Waals surface area contributed by atoms with Crippen molar-refractivity contribution in [1.82, 2.24) is 15.5 Å². The van der Waals surface area contributed by atoms with Crippen LogP contribution in [0.25, 0.3) is 0 Å². The van der Waals surface area contributed by atoms with Gasteiger partial charge in [-0.25, -0.2) is 0 Å². The first-order chi connectivity index (χ1) is 10.7. The van der Waals surface area contributed by atoms with Crippen LogP contribution in [0.15, 0.2) is 47.1 Å². The molecule has 2 aromatic rings. The predicted molar refractivity (Wildman–Crippen MR) is 86.1 cm³/mol. The molecule has 118 valence electrons. The van der Waals surface area contributed by atoms with Gasteiger partial charge in [0, 0.05) is 13.1 Å². The van der Waals surface area contributed by atoms with E-state index in [1.807, 2.05) is 24.3 Å². The van der Waals surface area contributed by atoms with Gasteiger partial charge in [-0.1, -0.05) is 24.3 Å². The molecule has 0 atom stereocenters. The Morgan fingerprint density at radius 1 is 1.14 bits per heavy atom. The van der Waals surface area contributed by atoms with E-state index in [1.54, 1.807) is 13.3 Å². The summed E-state index contributed by atoms with van der Waals surface area (Å²) in [5, 5.41) is 5.77. The van der Waals surface area contributed by atoms with Crippen LogP contribution in [-0.2, 0) is 24.4 Å². The summed E-state index contributed by atoms with van der Waals surface area (Å²) in [6.07, 6.45) is 1.69. The van der Waals surface area contributed by atoms with Crippen molar-refractivity contribution in [3.05, 3.63) is 59.5 Å². The number of furan rings is 1. The number of rotatable bonds is 8. The van der Waals surface area contributed by atoms with Crippen LogP contribution in [0.3, 0.4) is 0 Å². The van der Waals surface area contributed by atoms with E-state index < -0.39 is 0 Å². The van der Waals surface area contributed by atoms with E-state index in [0.29, 0.717) is 13.1 Å². The van der Waals surface area contributed by atoms with Crippen LogP contribution >= 0.6 is 0 Å². The Hall–Kier alpha value is -2.11. The molecule has 1 heterocycles. The van der Waals surface area contributed by atoms with Crippen LogP contribution in [0.1, 0.15) is 16.9 Å². The second-order valence-electron chi connectivity index (χ2n) is 5.33. The highest BCUT2D eigenvalue weighted by Gasteiger charge is 2.08. The summed E-state index contributed by atoms with van der Waals surface area (Å²) < 4.78 is 5.37. The van der Waals surface area contributed by atoms with Crippen molar-refractivity contribution in [3.63, 3.8) is 0 Å². The molecule has 0 spiro atoms. The Morgan fingerprint density at radius 3 is 2.59 bits per heavy atom. The number of nitrogens with zero attached hydrogens (tertiary/aromatic N) is 1. The fourth-order valence-corrected chi connectivity index (χ4v) is 2.32. The number of benzene rings is 1. The van der Waals surface area contributed by atoms with Gasteiger partial charge in [-0.2, -0.15) is 0 Å². The average molecular weight is 301 g/mol. The van der Waals surface area contributed by atoms with E-state index in [0.717, 1.165) is 24.4 Å². The number of carbonyl (C=O) groups excluding carboxylic acids is 1. The number of carbonyl (C=O) groups is 1. The fourth-order valence-electron chi connectivity index (χ4n) is 2.32. The molecule has 0 unspecified atom stereocenters. The van der Waals surface area contributed by atoms with Crippen molar-refractivity contribution in [2.24, 2.45) is 0 Å². The molecule has 1 aromatic carbocycles. The monoisotopic (exact) mass is 301 g/mol. The third-order valence-corrected chi connectivity index (χ3v) is 3.38. The van der Waals surface area contributed by atoms with Crippen molar-refractivity contribution in [2.75, 3.05) is 20.6 Å². The van der Waals surface area contributed by atoms with Gasteiger partial charge in [0.1, 0.15) is 5.76 Å². The molecule has 0 bridgehead atoms. The zero-order chi connectivity index (χ0) is 15.8. The van der Waals surface area contributed by atoms with Crippen molar-refractivity contribution in [3.8, 4) is 0 Å². The Balaban J connectivity index is 1.94. The molecule has 0 fully saturated rings. The molecular formula is C17H23N3O2. The Bertz CT molecular complexity index is 581. The highest BCUT2D eigenvalue weighted by Crippen LogP contribution is 2.13. The second kappa shape index (κ2) is 8.36. The van der Waals surface area contributed by atoms with E-state index in [-0.39, 0.29) is 5.91 Å². The maximum Gasteiger partial charge on any atom is 0.234 e. The first-order valence-electron chi connectivity index (χ1n) is 7.38. The van der Waals surface area contributed by atoms with Gasteiger partial charge in [0.15, 0.2) is 0 Å². The molecule has 2 rings (SSSR count). The maximum atomic E-state index is 11.6. The van der Waals surface area contributed by atoms with Crippen molar-refractivity contribution < 1.29 is 9.21 Å². The molecule has 0 aliphatic heterocycles. The summed E-state index contributed by atoms with van der Waals surface area (Å²) in [5.41, 5.74) is 2.35. The van der Waals surface area contributed by atoms with Gasteiger partial charge in [0.2, 0.25) is 5.91 Å². The normalized spacial score (nSPS) is 10.9. The van der Waals surface area contributed by atoms with Gasteiger partial charge in [0.25, 0.3) is 0 Å². The highest BCUT2D eigenvalue weighted by molar-refractivity contribution is 5.77. The number of nitrogens with one attached hydrogen (secondary N) is 2. The number of amides is 1. The number of hydrogen-bond donors (Lipinski definition) is 2. The van der Waals surface area contributed by atoms with Crippen LogP contribution in [-0.4, -0.2) is 31.4 Å². The van der Waals surface area contributed by atoms with Crippen molar-refractivity contribution in [1.29, 1.82) is 0 Å². The minimum absolute atomic E-state index is 0.00115. The molecule has 2 N–H and O–H groups in total. The summed E-state index contributed by atoms with van der Waals surface area (Å²) >= 11 is 0. The number of likely N-dealkylation sites (N-methyl/N-ethyl adjacent to an activating group) is 1. The van der Waals surface area contributed by atoms with Gasteiger partial charge >= 0.3 is 0 Å². The van der Waals surface area contributed by atoms with E-state index in [2.05, 4.69) is 34.7 Å². The average Bonchev–Trinajstić information content (AvgIpc) is 2.99. The lowest BCUT2D eigenvalue weighted by Gasteiger charge is -2.18. The zero-order valence-electron chi connectivity index (χ0n) is 13.1. The largest absolute Gasteiger partial charge is 0.468 e. The fraction of sp³-hybridized carbons (Fsp3) is 0.353. The molecular weight excluding hydrogens is 278 g/mol. The van der Waals surface area contributed by atoms with Gasteiger partial charge < -0.3 is 15.1 Å². The van der Waals surface area contributed by atoms with Crippen molar-refractivity contribution >= 4 is 5.91 Å². The minimum atomic E-state index is 0.00115. The Labute approximate surface area is 131 Å². The van der Waals surface area contributed by atoms with Crippen LogP contribution in [0, 0.1) is 0 Å². The molecule has 5 nitrogen and oxygen atoms in total. The molecule has 0 radical (unpaired) electrons. The van der Waals surface area contributed by atoms with E-state index in [4.69, 9.17) is 4.42 Å². The van der Waals surface area contributed by atoms with Gasteiger partial charge in [-0.15, -0.1) is 0 Å². The van der Waals surface area contributed by atoms with Gasteiger partial charge in [-0.05, 0) is 37.4 Å². The van der Waals surface area contributed by atoms with E-state index >= 15 is 0 Å². The minimum Gasteiger partial charge on any atom is -0.468 e. The molecule has 0 saturated heterocycles. The second-order valence-corrected chi connectivity index (χ2v) is 5.33. The van der Waals surface area contributed by atoms with E-state index in [1.165, 1.54) is 5.56 Å². The maximum absolute atomic E-state index is 11.6. The van der Waals surface area contributed by atoms with Crippen molar-refractivity contribution in [2.45, 2.75) is 19.6 Å². The van der Waals surface area contributed by atoms with Gasteiger partial charge in [-0.3, -0.25) is 9.69 Å². The molecule has 0 aliphatic rings. The van der Waals surface area contributed by atoms with Gasteiger partial charge in [0.05, 0.1) is 19.4 Å². The molecule has 22 heavy (non-hydrogen) atoms. The lowest BCUT2D eigenvalue weighted by Crippen LogP contribution is -2.32.